The topological polar surface area (TPSA) is 66.0 Å². The minimum absolute atomic E-state index is 0.0221. The number of aryl methyl sites for hydroxylation is 1. The van der Waals surface area contributed by atoms with Crippen molar-refractivity contribution in [2.24, 2.45) is 0 Å². The van der Waals surface area contributed by atoms with Gasteiger partial charge in [0.25, 0.3) is 0 Å². The largest absolute Gasteiger partial charge is 0.506 e. The highest BCUT2D eigenvalue weighted by Gasteiger charge is 2.14. The maximum Gasteiger partial charge on any atom is 0.189 e. The Labute approximate surface area is 149 Å². The second-order valence-corrected chi connectivity index (χ2v) is 6.19. The Morgan fingerprint density at radius 2 is 2.09 bits per heavy atom. The number of aromatic nitrogens is 2. The Bertz CT molecular complexity index is 754. The van der Waals surface area contributed by atoms with Crippen molar-refractivity contribution in [3.8, 4) is 5.75 Å². The Morgan fingerprint density at radius 1 is 1.35 bits per heavy atom. The number of aromatic amines is 1. The minimum atomic E-state index is -0.443. The average Bonchev–Trinajstić information content (AvgIpc) is 2.86. The van der Waals surface area contributed by atoms with Crippen molar-refractivity contribution in [2.45, 2.75) is 26.2 Å². The molecular weight excluding hydrogens is 359 g/mol. The van der Waals surface area contributed by atoms with Crippen LogP contribution in [0.4, 0.5) is 0 Å². The summed E-state index contributed by atoms with van der Waals surface area (Å²) in [6, 6.07) is 2.72. The number of nitrogens with one attached hydrogen (secondary N) is 1. The van der Waals surface area contributed by atoms with E-state index in [-0.39, 0.29) is 21.4 Å². The molecule has 0 amide bonds. The number of phenols is 1. The highest BCUT2D eigenvalue weighted by Crippen LogP contribution is 2.31. The van der Waals surface area contributed by atoms with Gasteiger partial charge in [-0.1, -0.05) is 48.1 Å². The summed E-state index contributed by atoms with van der Waals surface area (Å²) < 4.78 is 0. The summed E-state index contributed by atoms with van der Waals surface area (Å²) in [5.41, 5.74) is 0.496. The Morgan fingerprint density at radius 3 is 2.78 bits per heavy atom. The number of carbonyl (C=O) groups is 1. The maximum atomic E-state index is 12.2. The summed E-state index contributed by atoms with van der Waals surface area (Å²) in [5.74, 6) is 0.0288. The molecule has 0 saturated carbocycles. The molecule has 0 saturated heterocycles. The molecule has 1 aromatic heterocycles. The number of ketones is 1. The molecule has 0 unspecified atom stereocenters. The van der Waals surface area contributed by atoms with E-state index in [0.29, 0.717) is 10.8 Å². The number of nitrogens with zero attached hydrogens (tertiary/aromatic N) is 1. The van der Waals surface area contributed by atoms with E-state index in [1.54, 1.807) is 0 Å². The zero-order valence-electron chi connectivity index (χ0n) is 12.4. The second kappa shape index (κ2) is 7.86. The zero-order chi connectivity index (χ0) is 17.0. The lowest BCUT2D eigenvalue weighted by Crippen LogP contribution is -1.95. The molecule has 0 aliphatic carbocycles. The van der Waals surface area contributed by atoms with E-state index in [9.17, 15) is 9.90 Å². The third-order valence-electron chi connectivity index (χ3n) is 3.19. The van der Waals surface area contributed by atoms with Crippen LogP contribution in [-0.4, -0.2) is 20.9 Å². The lowest BCUT2D eigenvalue weighted by atomic mass is 10.1. The van der Waals surface area contributed by atoms with E-state index in [1.807, 2.05) is 0 Å². The third kappa shape index (κ3) is 4.50. The van der Waals surface area contributed by atoms with Gasteiger partial charge in [0.05, 0.1) is 10.6 Å². The Kier molecular flexibility index (Phi) is 6.10. The first kappa shape index (κ1) is 17.9. The van der Waals surface area contributed by atoms with Gasteiger partial charge in [-0.25, -0.2) is 4.98 Å². The number of carbonyl (C=O) groups excluding carboxylic acids is 1. The summed E-state index contributed by atoms with van der Waals surface area (Å²) in [5, 5.41) is 10.5. The van der Waals surface area contributed by atoms with Crippen molar-refractivity contribution < 1.29 is 9.90 Å². The van der Waals surface area contributed by atoms with Gasteiger partial charge in [0.2, 0.25) is 0 Å². The molecule has 1 heterocycles. The van der Waals surface area contributed by atoms with Gasteiger partial charge < -0.3 is 10.1 Å². The molecule has 0 aliphatic rings. The number of unbranched alkanes of at least 4 members (excludes halogenated alkanes) is 1. The number of aromatic hydroxyl groups is 1. The van der Waals surface area contributed by atoms with Gasteiger partial charge in [-0.2, -0.15) is 0 Å². The molecule has 2 rings (SSSR count). The van der Waals surface area contributed by atoms with Gasteiger partial charge in [-0.05, 0) is 30.7 Å². The predicted molar refractivity (Wildman–Crippen MR) is 93.7 cm³/mol. The quantitative estimate of drug-likeness (QED) is 0.532. The summed E-state index contributed by atoms with van der Waals surface area (Å²) in [6.07, 6.45) is 5.61. The molecule has 0 radical (unpaired) electrons. The van der Waals surface area contributed by atoms with Crippen LogP contribution in [0.3, 0.4) is 0 Å². The van der Waals surface area contributed by atoms with E-state index in [4.69, 9.17) is 34.8 Å². The number of halogens is 3. The van der Waals surface area contributed by atoms with Crippen LogP contribution >= 0.6 is 34.8 Å². The monoisotopic (exact) mass is 372 g/mol. The molecule has 4 nitrogen and oxygen atoms in total. The van der Waals surface area contributed by atoms with Crippen molar-refractivity contribution in [1.29, 1.82) is 0 Å². The van der Waals surface area contributed by atoms with Crippen LogP contribution in [0.15, 0.2) is 18.2 Å². The van der Waals surface area contributed by atoms with Gasteiger partial charge in [0.15, 0.2) is 5.78 Å². The standard InChI is InChI=1S/C16H15Cl3N2O2/c1-2-3-4-14-20-12(16(19)21-14)5-6-13(22)10-7-9(17)8-11(18)15(10)23/h5-8,23H,2-4H2,1H3,(H,20,21)/b6-5+. The summed E-state index contributed by atoms with van der Waals surface area (Å²) in [6.45, 7) is 2.09. The molecule has 122 valence electrons. The van der Waals surface area contributed by atoms with Gasteiger partial charge in [0.1, 0.15) is 22.4 Å². The highest BCUT2D eigenvalue weighted by molar-refractivity contribution is 6.36. The number of rotatable bonds is 6. The highest BCUT2D eigenvalue weighted by atomic mass is 35.5. The first-order valence-electron chi connectivity index (χ1n) is 7.07. The van der Waals surface area contributed by atoms with Crippen molar-refractivity contribution in [1.82, 2.24) is 9.97 Å². The van der Waals surface area contributed by atoms with E-state index in [2.05, 4.69) is 16.9 Å². The fourth-order valence-corrected chi connectivity index (χ4v) is 2.69. The lowest BCUT2D eigenvalue weighted by molar-refractivity contribution is 0.104. The summed E-state index contributed by atoms with van der Waals surface area (Å²) in [4.78, 5) is 19.5. The number of imidazole rings is 1. The fraction of sp³-hybridized carbons (Fsp3) is 0.250. The van der Waals surface area contributed by atoms with Gasteiger partial charge in [-0.15, -0.1) is 0 Å². The van der Waals surface area contributed by atoms with E-state index >= 15 is 0 Å². The van der Waals surface area contributed by atoms with E-state index < -0.39 is 5.78 Å². The lowest BCUT2D eigenvalue weighted by Gasteiger charge is -2.03. The van der Waals surface area contributed by atoms with Crippen molar-refractivity contribution in [3.63, 3.8) is 0 Å². The number of hydrogen-bond donors (Lipinski definition) is 2. The molecule has 0 bridgehead atoms. The number of phenolic OH excluding ortho intramolecular Hbond substituents is 1. The molecule has 0 aliphatic heterocycles. The Balaban J connectivity index is 2.20. The molecule has 0 fully saturated rings. The molecular formula is C16H15Cl3N2O2. The smallest absolute Gasteiger partial charge is 0.189 e. The van der Waals surface area contributed by atoms with Crippen LogP contribution in [0.5, 0.6) is 5.75 Å². The molecule has 1 aromatic carbocycles. The second-order valence-electron chi connectivity index (χ2n) is 4.97. The molecule has 0 atom stereocenters. The number of benzene rings is 1. The first-order valence-corrected chi connectivity index (χ1v) is 8.20. The van der Waals surface area contributed by atoms with Gasteiger partial charge in [0, 0.05) is 11.4 Å². The first-order chi connectivity index (χ1) is 10.9. The SMILES string of the molecule is CCCCc1nc(/C=C/C(=O)c2cc(Cl)cc(Cl)c2O)c(Cl)[nH]1. The number of allylic oxidation sites excluding steroid dienone is 1. The number of hydrogen-bond acceptors (Lipinski definition) is 3. The van der Waals surface area contributed by atoms with Crippen molar-refractivity contribution in [2.75, 3.05) is 0 Å². The van der Waals surface area contributed by atoms with Crippen LogP contribution in [0.1, 0.15) is 41.6 Å². The zero-order valence-corrected chi connectivity index (χ0v) is 14.6. The Hall–Kier alpha value is -1.49. The van der Waals surface area contributed by atoms with Crippen LogP contribution in [0.25, 0.3) is 6.08 Å². The normalized spacial score (nSPS) is 11.3. The van der Waals surface area contributed by atoms with Crippen LogP contribution in [0.2, 0.25) is 15.2 Å². The van der Waals surface area contributed by atoms with Gasteiger partial charge in [-0.3, -0.25) is 4.79 Å². The third-order valence-corrected chi connectivity index (χ3v) is 3.98. The summed E-state index contributed by atoms with van der Waals surface area (Å²) in [7, 11) is 0. The fourth-order valence-electron chi connectivity index (χ4n) is 1.98. The molecule has 0 spiro atoms. The molecule has 23 heavy (non-hydrogen) atoms. The van der Waals surface area contributed by atoms with Gasteiger partial charge >= 0.3 is 0 Å². The average molecular weight is 374 g/mol. The van der Waals surface area contributed by atoms with Crippen LogP contribution in [0, 0.1) is 0 Å². The van der Waals surface area contributed by atoms with Crippen LogP contribution in [-0.2, 0) is 6.42 Å². The minimum Gasteiger partial charge on any atom is -0.506 e. The molecule has 2 aromatic rings. The molecule has 2 N–H and O–H groups in total. The van der Waals surface area contributed by atoms with Crippen molar-refractivity contribution >= 4 is 46.7 Å². The van der Waals surface area contributed by atoms with E-state index in [0.717, 1.165) is 25.1 Å². The number of H-pyrrole nitrogens is 1. The van der Waals surface area contributed by atoms with Crippen molar-refractivity contribution in [3.05, 3.63) is 50.5 Å². The van der Waals surface area contributed by atoms with Crippen LogP contribution < -0.4 is 0 Å². The van der Waals surface area contributed by atoms with E-state index in [1.165, 1.54) is 24.3 Å². The maximum absolute atomic E-state index is 12.2. The predicted octanol–water partition coefficient (Wildman–Crippen LogP) is 5.31. The molecule has 7 heteroatoms. The summed E-state index contributed by atoms with van der Waals surface area (Å²) >= 11 is 17.7.